The van der Waals surface area contributed by atoms with Crippen LogP contribution in [0.3, 0.4) is 0 Å². The Balaban J connectivity index is 2.96. The van der Waals surface area contributed by atoms with E-state index in [-0.39, 0.29) is 6.61 Å². The molecule has 1 rings (SSSR count). The van der Waals surface area contributed by atoms with E-state index in [4.69, 9.17) is 5.11 Å². The molecule has 2 heteroatoms. The van der Waals surface area contributed by atoms with Crippen molar-refractivity contribution in [2.75, 3.05) is 0 Å². The zero-order chi connectivity index (χ0) is 7.40. The van der Waals surface area contributed by atoms with Crippen LogP contribution in [0.4, 0.5) is 0 Å². The van der Waals surface area contributed by atoms with E-state index < -0.39 is 0 Å². The van der Waals surface area contributed by atoms with Crippen LogP contribution in [0.15, 0.2) is 24.3 Å². The van der Waals surface area contributed by atoms with Crippen LogP contribution in [0, 0.1) is 0 Å². The molecule has 0 aliphatic heterocycles. The molecule has 1 N–H and O–H groups in total. The van der Waals surface area contributed by atoms with Gasteiger partial charge in [-0.1, -0.05) is 0 Å². The summed E-state index contributed by atoms with van der Waals surface area (Å²) in [6.45, 7) is 0.172. The predicted octanol–water partition coefficient (Wildman–Crippen LogP) is 0.556. The number of hydrogen-bond donors (Lipinski definition) is 1. The van der Waals surface area contributed by atoms with Gasteiger partial charge in [0.05, 0.1) is 0 Å². The van der Waals surface area contributed by atoms with Gasteiger partial charge in [-0.3, -0.25) is 0 Å². The summed E-state index contributed by atoms with van der Waals surface area (Å²) in [6.07, 6.45) is 0. The van der Waals surface area contributed by atoms with Crippen molar-refractivity contribution in [2.45, 2.75) is 12.4 Å². The van der Waals surface area contributed by atoms with Crippen LogP contribution in [0.1, 0.15) is 5.56 Å². The molecule has 0 bridgehead atoms. The van der Waals surface area contributed by atoms with Gasteiger partial charge in [0.1, 0.15) is 0 Å². The van der Waals surface area contributed by atoms with Gasteiger partial charge in [-0.05, 0) is 0 Å². The molecule has 0 spiro atoms. The van der Waals surface area contributed by atoms with Gasteiger partial charge in [-0.2, -0.15) is 0 Å². The maximum absolute atomic E-state index is 8.86. The number of aliphatic hydroxyl groups excluding tert-OH is 1. The Hall–Kier alpha value is -0.301. The minimum absolute atomic E-state index is 0.172. The van der Waals surface area contributed by atoms with Gasteiger partial charge in [0.2, 0.25) is 0 Å². The first-order valence-electron chi connectivity index (χ1n) is 3.11. The SMILES string of the molecule is C[Se]c1ccccc1CO. The molecule has 54 valence electrons. The monoisotopic (exact) mass is 202 g/mol. The molecule has 1 nitrogen and oxygen atoms in total. The van der Waals surface area contributed by atoms with Crippen molar-refractivity contribution in [2.24, 2.45) is 0 Å². The topological polar surface area (TPSA) is 20.2 Å². The summed E-state index contributed by atoms with van der Waals surface area (Å²) in [5.41, 5.74) is 1.07. The predicted molar refractivity (Wildman–Crippen MR) is 43.6 cm³/mol. The first kappa shape index (κ1) is 7.80. The van der Waals surface area contributed by atoms with Crippen LogP contribution in [0.5, 0.6) is 0 Å². The molecule has 0 heterocycles. The quantitative estimate of drug-likeness (QED) is 0.693. The van der Waals surface area contributed by atoms with Gasteiger partial charge in [0.25, 0.3) is 0 Å². The standard InChI is InChI=1S/C8H10OSe/c1-10-8-5-3-2-4-7(8)6-9/h2-5,9H,6H2,1H3. The molecule has 0 saturated heterocycles. The summed E-state index contributed by atoms with van der Waals surface area (Å²) in [7, 11) is 0. The average molecular weight is 201 g/mol. The van der Waals surface area contributed by atoms with Crippen LogP contribution in [-0.4, -0.2) is 20.1 Å². The van der Waals surface area contributed by atoms with Crippen molar-refractivity contribution in [3.63, 3.8) is 0 Å². The molecule has 1 aromatic carbocycles. The summed E-state index contributed by atoms with van der Waals surface area (Å²) < 4.78 is 1.30. The molecule has 0 aromatic heterocycles. The molecule has 0 radical (unpaired) electrons. The number of benzene rings is 1. The van der Waals surface area contributed by atoms with Gasteiger partial charge in [0, 0.05) is 0 Å². The summed E-state index contributed by atoms with van der Waals surface area (Å²) in [5.74, 6) is 2.15. The molecule has 0 aliphatic carbocycles. The molecule has 0 unspecified atom stereocenters. The zero-order valence-corrected chi connectivity index (χ0v) is 7.59. The van der Waals surface area contributed by atoms with E-state index in [0.29, 0.717) is 15.0 Å². The van der Waals surface area contributed by atoms with E-state index in [1.165, 1.54) is 4.46 Å². The Morgan fingerprint density at radius 1 is 1.40 bits per heavy atom. The molecule has 10 heavy (non-hydrogen) atoms. The second-order valence-electron chi connectivity index (χ2n) is 1.97. The van der Waals surface area contributed by atoms with Gasteiger partial charge < -0.3 is 0 Å². The minimum atomic E-state index is 0.172. The summed E-state index contributed by atoms with van der Waals surface area (Å²) >= 11 is 0.499. The Bertz CT molecular complexity index is 187. The van der Waals surface area contributed by atoms with Gasteiger partial charge in [-0.15, -0.1) is 0 Å². The van der Waals surface area contributed by atoms with Crippen molar-refractivity contribution in [1.82, 2.24) is 0 Å². The van der Waals surface area contributed by atoms with Gasteiger partial charge >= 0.3 is 66.8 Å². The van der Waals surface area contributed by atoms with E-state index in [1.54, 1.807) is 0 Å². The third kappa shape index (κ3) is 1.60. The van der Waals surface area contributed by atoms with Crippen LogP contribution in [0.25, 0.3) is 0 Å². The van der Waals surface area contributed by atoms with E-state index in [0.717, 1.165) is 5.56 Å². The van der Waals surface area contributed by atoms with Crippen LogP contribution >= 0.6 is 0 Å². The van der Waals surface area contributed by atoms with Crippen molar-refractivity contribution >= 4 is 19.4 Å². The summed E-state index contributed by atoms with van der Waals surface area (Å²) in [6, 6.07) is 8.02. The van der Waals surface area contributed by atoms with E-state index in [9.17, 15) is 0 Å². The van der Waals surface area contributed by atoms with Crippen molar-refractivity contribution < 1.29 is 5.11 Å². The molecule has 1 aromatic rings. The Kier molecular flexibility index (Phi) is 2.94. The summed E-state index contributed by atoms with van der Waals surface area (Å²) in [5, 5.41) is 8.86. The van der Waals surface area contributed by atoms with Crippen molar-refractivity contribution in [3.05, 3.63) is 29.8 Å². The Labute approximate surface area is 67.2 Å². The molecule has 0 aliphatic rings. The van der Waals surface area contributed by atoms with E-state index in [2.05, 4.69) is 11.9 Å². The normalized spacial score (nSPS) is 9.80. The zero-order valence-electron chi connectivity index (χ0n) is 5.87. The van der Waals surface area contributed by atoms with Crippen LogP contribution in [-0.2, 0) is 6.61 Å². The molecule has 0 saturated carbocycles. The van der Waals surface area contributed by atoms with Gasteiger partial charge in [-0.25, -0.2) is 0 Å². The maximum atomic E-state index is 8.86. The number of rotatable bonds is 2. The number of aliphatic hydroxyl groups is 1. The molecular weight excluding hydrogens is 191 g/mol. The molecule has 0 atom stereocenters. The molecule has 0 fully saturated rings. The van der Waals surface area contributed by atoms with E-state index in [1.807, 2.05) is 18.2 Å². The van der Waals surface area contributed by atoms with Crippen LogP contribution in [0.2, 0.25) is 5.82 Å². The number of hydrogen-bond acceptors (Lipinski definition) is 1. The molecular formula is C8H10OSe. The van der Waals surface area contributed by atoms with Crippen LogP contribution < -0.4 is 4.46 Å². The molecule has 0 amide bonds. The van der Waals surface area contributed by atoms with Crippen molar-refractivity contribution in [3.8, 4) is 0 Å². The van der Waals surface area contributed by atoms with Crippen molar-refractivity contribution in [1.29, 1.82) is 0 Å². The Morgan fingerprint density at radius 3 is 2.60 bits per heavy atom. The first-order chi connectivity index (χ1) is 4.88. The third-order valence-corrected chi connectivity index (χ3v) is 3.12. The fraction of sp³-hybridized carbons (Fsp3) is 0.250. The average Bonchev–Trinajstić information content (AvgIpc) is 2.04. The fourth-order valence-electron chi connectivity index (χ4n) is 0.834. The second kappa shape index (κ2) is 3.77. The fourth-order valence-corrected chi connectivity index (χ4v) is 2.11. The third-order valence-electron chi connectivity index (χ3n) is 1.36. The summed E-state index contributed by atoms with van der Waals surface area (Å²) in [4.78, 5) is 0. The Morgan fingerprint density at radius 2 is 2.10 bits per heavy atom. The first-order valence-corrected chi connectivity index (χ1v) is 5.68. The van der Waals surface area contributed by atoms with Gasteiger partial charge in [0.15, 0.2) is 0 Å². The second-order valence-corrected chi connectivity index (χ2v) is 3.75. The van der Waals surface area contributed by atoms with E-state index >= 15 is 0 Å².